The van der Waals surface area contributed by atoms with Crippen molar-refractivity contribution >= 4 is 41.3 Å². The van der Waals surface area contributed by atoms with E-state index in [1.54, 1.807) is 18.2 Å². The van der Waals surface area contributed by atoms with Crippen LogP contribution in [0.1, 0.15) is 13.8 Å². The third-order valence-electron chi connectivity index (χ3n) is 1.78. The van der Waals surface area contributed by atoms with Crippen LogP contribution in [-0.2, 0) is 4.79 Å². The van der Waals surface area contributed by atoms with Gasteiger partial charge >= 0.3 is 0 Å². The molecule has 0 bridgehead atoms. The molecule has 1 amide bonds. The highest BCUT2D eigenvalue weighted by Gasteiger charge is 2.09. The molecular weight excluding hydrogens is 235 g/mol. The van der Waals surface area contributed by atoms with Gasteiger partial charge in [0.2, 0.25) is 5.91 Å². The second kappa shape index (κ2) is 5.83. The van der Waals surface area contributed by atoms with E-state index in [9.17, 15) is 4.79 Å². The molecule has 1 aromatic rings. The lowest BCUT2D eigenvalue weighted by molar-refractivity contribution is -0.118. The lowest BCUT2D eigenvalue weighted by Gasteiger charge is -2.09. The van der Waals surface area contributed by atoms with Crippen molar-refractivity contribution in [1.29, 1.82) is 0 Å². The fraction of sp³-hybridized carbons (Fsp3) is 0.300. The van der Waals surface area contributed by atoms with E-state index in [2.05, 4.69) is 5.32 Å². The smallest absolute Gasteiger partial charge is 0.226 e. The highest BCUT2D eigenvalue weighted by Crippen LogP contribution is 2.24. The summed E-state index contributed by atoms with van der Waals surface area (Å²) in [6.45, 7) is 3.64. The first-order valence-electron chi connectivity index (χ1n) is 4.36. The molecule has 3 N–H and O–H groups in total. The lowest BCUT2D eigenvalue weighted by Crippen LogP contribution is -2.17. The van der Waals surface area contributed by atoms with Crippen LogP contribution in [0, 0.1) is 5.92 Å². The molecule has 84 valence electrons. The van der Waals surface area contributed by atoms with Crippen LogP contribution < -0.4 is 11.1 Å². The van der Waals surface area contributed by atoms with Gasteiger partial charge in [-0.3, -0.25) is 4.79 Å². The number of nitrogens with two attached hydrogens (primary N) is 1. The Bertz CT molecular complexity index is 353. The Morgan fingerprint density at radius 3 is 2.53 bits per heavy atom. The van der Waals surface area contributed by atoms with Crippen molar-refractivity contribution < 1.29 is 4.79 Å². The Hall–Kier alpha value is -0.930. The van der Waals surface area contributed by atoms with Crippen LogP contribution in [0.4, 0.5) is 11.4 Å². The molecule has 0 radical (unpaired) electrons. The molecule has 0 fully saturated rings. The summed E-state index contributed by atoms with van der Waals surface area (Å²) in [6.07, 6.45) is 0. The van der Waals surface area contributed by atoms with Gasteiger partial charge in [0.25, 0.3) is 0 Å². The summed E-state index contributed by atoms with van der Waals surface area (Å²) in [5.41, 5.74) is 6.70. The summed E-state index contributed by atoms with van der Waals surface area (Å²) < 4.78 is 0. The maximum absolute atomic E-state index is 11.3. The van der Waals surface area contributed by atoms with Crippen LogP contribution in [0.15, 0.2) is 18.2 Å². The molecule has 0 saturated heterocycles. The monoisotopic (exact) mass is 248 g/mol. The van der Waals surface area contributed by atoms with Gasteiger partial charge in [-0.05, 0) is 18.2 Å². The summed E-state index contributed by atoms with van der Waals surface area (Å²) in [5.74, 6) is -0.125. The lowest BCUT2D eigenvalue weighted by atomic mass is 10.2. The number of hydrogen-bond donors (Lipinski definition) is 2. The van der Waals surface area contributed by atoms with E-state index < -0.39 is 0 Å². The topological polar surface area (TPSA) is 55.1 Å². The minimum atomic E-state index is -0.0661. The molecule has 0 aliphatic heterocycles. The van der Waals surface area contributed by atoms with E-state index in [4.69, 9.17) is 17.3 Å². The van der Waals surface area contributed by atoms with Gasteiger partial charge in [0, 0.05) is 11.6 Å². The van der Waals surface area contributed by atoms with Crippen molar-refractivity contribution in [2.24, 2.45) is 5.92 Å². The van der Waals surface area contributed by atoms with E-state index in [-0.39, 0.29) is 24.2 Å². The molecule has 0 aliphatic carbocycles. The SMILES string of the molecule is CC(C)C(=O)Nc1ccc(N)cc1Cl.Cl. The van der Waals surface area contributed by atoms with Crippen molar-refractivity contribution in [3.05, 3.63) is 23.2 Å². The standard InChI is InChI=1S/C10H13ClN2O.ClH/c1-6(2)10(14)13-9-4-3-7(12)5-8(9)11;/h3-6H,12H2,1-2H3,(H,13,14);1H. The Balaban J connectivity index is 0.00000196. The van der Waals surface area contributed by atoms with Crippen molar-refractivity contribution in [2.75, 3.05) is 11.1 Å². The Morgan fingerprint density at radius 2 is 2.07 bits per heavy atom. The first-order valence-corrected chi connectivity index (χ1v) is 4.74. The van der Waals surface area contributed by atoms with Gasteiger partial charge in [-0.15, -0.1) is 12.4 Å². The third kappa shape index (κ3) is 3.98. The van der Waals surface area contributed by atoms with Crippen molar-refractivity contribution in [1.82, 2.24) is 0 Å². The van der Waals surface area contributed by atoms with Crippen molar-refractivity contribution in [2.45, 2.75) is 13.8 Å². The molecule has 0 saturated carbocycles. The zero-order valence-corrected chi connectivity index (χ0v) is 10.2. The molecule has 0 aromatic heterocycles. The fourth-order valence-electron chi connectivity index (χ4n) is 0.910. The normalized spacial score (nSPS) is 9.60. The molecule has 0 atom stereocenters. The fourth-order valence-corrected chi connectivity index (χ4v) is 1.15. The molecule has 1 rings (SSSR count). The van der Waals surface area contributed by atoms with Crippen LogP contribution in [0.3, 0.4) is 0 Å². The number of benzene rings is 1. The number of carbonyl (C=O) groups is 1. The summed E-state index contributed by atoms with van der Waals surface area (Å²) in [4.78, 5) is 11.3. The number of nitrogens with one attached hydrogen (secondary N) is 1. The minimum Gasteiger partial charge on any atom is -0.399 e. The van der Waals surface area contributed by atoms with Gasteiger partial charge < -0.3 is 11.1 Å². The Labute approximate surface area is 100 Å². The second-order valence-electron chi connectivity index (χ2n) is 3.38. The van der Waals surface area contributed by atoms with Gasteiger partial charge in [0.15, 0.2) is 0 Å². The minimum absolute atomic E-state index is 0. The number of halogens is 2. The van der Waals surface area contributed by atoms with Crippen LogP contribution in [0.25, 0.3) is 0 Å². The van der Waals surface area contributed by atoms with Gasteiger partial charge in [-0.25, -0.2) is 0 Å². The molecule has 3 nitrogen and oxygen atoms in total. The van der Waals surface area contributed by atoms with Gasteiger partial charge in [0.1, 0.15) is 0 Å². The highest BCUT2D eigenvalue weighted by molar-refractivity contribution is 6.34. The zero-order chi connectivity index (χ0) is 10.7. The summed E-state index contributed by atoms with van der Waals surface area (Å²) in [6, 6.07) is 5.00. The molecule has 1 aromatic carbocycles. The zero-order valence-electron chi connectivity index (χ0n) is 8.58. The first kappa shape index (κ1) is 14.1. The average Bonchev–Trinajstić information content (AvgIpc) is 2.09. The Morgan fingerprint density at radius 1 is 1.47 bits per heavy atom. The number of hydrogen-bond acceptors (Lipinski definition) is 2. The van der Waals surface area contributed by atoms with Crippen LogP contribution in [0.2, 0.25) is 5.02 Å². The van der Waals surface area contributed by atoms with Crippen LogP contribution >= 0.6 is 24.0 Å². The van der Waals surface area contributed by atoms with E-state index in [1.807, 2.05) is 13.8 Å². The third-order valence-corrected chi connectivity index (χ3v) is 2.09. The Kier molecular flexibility index (Phi) is 5.47. The van der Waals surface area contributed by atoms with Crippen LogP contribution in [-0.4, -0.2) is 5.91 Å². The number of carbonyl (C=O) groups excluding carboxylic acids is 1. The highest BCUT2D eigenvalue weighted by atomic mass is 35.5. The van der Waals surface area contributed by atoms with Gasteiger partial charge in [0.05, 0.1) is 10.7 Å². The molecule has 0 aliphatic rings. The van der Waals surface area contributed by atoms with E-state index in [0.717, 1.165) is 0 Å². The maximum Gasteiger partial charge on any atom is 0.226 e. The van der Waals surface area contributed by atoms with Crippen LogP contribution in [0.5, 0.6) is 0 Å². The van der Waals surface area contributed by atoms with E-state index in [0.29, 0.717) is 16.4 Å². The van der Waals surface area contributed by atoms with E-state index >= 15 is 0 Å². The molecule has 0 unspecified atom stereocenters. The van der Waals surface area contributed by atoms with Gasteiger partial charge in [-0.2, -0.15) is 0 Å². The molecule has 15 heavy (non-hydrogen) atoms. The average molecular weight is 249 g/mol. The number of rotatable bonds is 2. The summed E-state index contributed by atoms with van der Waals surface area (Å²) >= 11 is 5.88. The summed E-state index contributed by atoms with van der Waals surface area (Å²) in [7, 11) is 0. The number of amides is 1. The molecule has 0 spiro atoms. The largest absolute Gasteiger partial charge is 0.399 e. The second-order valence-corrected chi connectivity index (χ2v) is 3.79. The predicted molar refractivity (Wildman–Crippen MR) is 66.6 cm³/mol. The maximum atomic E-state index is 11.3. The first-order chi connectivity index (χ1) is 6.50. The molecular formula is C10H14Cl2N2O. The predicted octanol–water partition coefficient (Wildman–Crippen LogP) is 2.94. The molecule has 0 heterocycles. The number of anilines is 2. The number of nitrogen functional groups attached to an aromatic ring is 1. The quantitative estimate of drug-likeness (QED) is 0.791. The van der Waals surface area contributed by atoms with Crippen molar-refractivity contribution in [3.8, 4) is 0 Å². The van der Waals surface area contributed by atoms with E-state index in [1.165, 1.54) is 0 Å². The molecule has 5 heteroatoms. The van der Waals surface area contributed by atoms with Crippen molar-refractivity contribution in [3.63, 3.8) is 0 Å². The summed E-state index contributed by atoms with van der Waals surface area (Å²) in [5, 5.41) is 3.17. The van der Waals surface area contributed by atoms with Gasteiger partial charge in [-0.1, -0.05) is 25.4 Å².